The molecule has 184 valence electrons. The molecule has 1 saturated heterocycles. The van der Waals surface area contributed by atoms with Crippen LogP contribution in [0.15, 0.2) is 54.6 Å². The summed E-state index contributed by atoms with van der Waals surface area (Å²) in [5.74, 6) is 1.70. The first kappa shape index (κ1) is 24.4. The van der Waals surface area contributed by atoms with Gasteiger partial charge in [0.15, 0.2) is 11.5 Å². The molecule has 35 heavy (non-hydrogen) atoms. The predicted octanol–water partition coefficient (Wildman–Crippen LogP) is 4.38. The van der Waals surface area contributed by atoms with Crippen molar-refractivity contribution in [2.75, 3.05) is 41.5 Å². The van der Waals surface area contributed by atoms with Crippen LogP contribution in [-0.4, -0.2) is 63.1 Å². The van der Waals surface area contributed by atoms with Crippen LogP contribution in [0, 0.1) is 5.92 Å². The van der Waals surface area contributed by atoms with Gasteiger partial charge in [0.05, 0.1) is 27.2 Å². The quantitative estimate of drug-likeness (QED) is 0.506. The van der Waals surface area contributed by atoms with Crippen LogP contribution >= 0.6 is 0 Å². The minimum Gasteiger partial charge on any atom is -0.496 e. The number of hydrogen-bond donors (Lipinski definition) is 0. The van der Waals surface area contributed by atoms with Crippen LogP contribution in [0.5, 0.6) is 17.2 Å². The maximum atomic E-state index is 13.5. The van der Waals surface area contributed by atoms with E-state index in [1.807, 2.05) is 54.6 Å². The number of carbonyl (C=O) groups is 2. The lowest BCUT2D eigenvalue weighted by Gasteiger charge is -2.34. The van der Waals surface area contributed by atoms with Crippen LogP contribution < -0.4 is 14.2 Å². The summed E-state index contributed by atoms with van der Waals surface area (Å²) in [6, 6.07) is 17.0. The molecule has 2 amide bonds. The number of benzene rings is 3. The number of piperidine rings is 1. The fourth-order valence-electron chi connectivity index (χ4n) is 4.89. The Morgan fingerprint density at radius 2 is 1.66 bits per heavy atom. The molecule has 1 heterocycles. The van der Waals surface area contributed by atoms with E-state index in [-0.39, 0.29) is 17.7 Å². The zero-order valence-corrected chi connectivity index (χ0v) is 20.7. The van der Waals surface area contributed by atoms with Gasteiger partial charge in [0.25, 0.3) is 5.91 Å². The Bertz CT molecular complexity index is 1230. The number of ether oxygens (including phenoxy) is 3. The van der Waals surface area contributed by atoms with E-state index >= 15 is 0 Å². The van der Waals surface area contributed by atoms with Crippen molar-refractivity contribution in [3.05, 3.63) is 65.7 Å². The number of carbonyl (C=O) groups excluding carboxylic acids is 2. The summed E-state index contributed by atoms with van der Waals surface area (Å²) in [7, 11) is 6.60. The van der Waals surface area contributed by atoms with Gasteiger partial charge in [-0.15, -0.1) is 0 Å². The molecule has 1 aliphatic heterocycles. The molecule has 1 atom stereocenters. The molecule has 0 aromatic heterocycles. The molecule has 0 saturated carbocycles. The Balaban J connectivity index is 1.50. The molecule has 0 N–H and O–H groups in total. The second-order valence-electron chi connectivity index (χ2n) is 8.80. The molecule has 0 spiro atoms. The van der Waals surface area contributed by atoms with E-state index in [9.17, 15) is 9.59 Å². The van der Waals surface area contributed by atoms with Crippen molar-refractivity contribution in [1.29, 1.82) is 0 Å². The van der Waals surface area contributed by atoms with Crippen molar-refractivity contribution < 1.29 is 23.8 Å². The predicted molar refractivity (Wildman–Crippen MR) is 135 cm³/mol. The second-order valence-corrected chi connectivity index (χ2v) is 8.80. The maximum Gasteiger partial charge on any atom is 0.254 e. The van der Waals surface area contributed by atoms with E-state index in [1.54, 1.807) is 38.2 Å². The van der Waals surface area contributed by atoms with Gasteiger partial charge in [-0.25, -0.2) is 0 Å². The summed E-state index contributed by atoms with van der Waals surface area (Å²) in [6.07, 6.45) is 1.54. The number of likely N-dealkylation sites (tertiary alicyclic amines) is 1. The highest BCUT2D eigenvalue weighted by Gasteiger charge is 2.31. The first-order chi connectivity index (χ1) is 17.0. The summed E-state index contributed by atoms with van der Waals surface area (Å²) in [5, 5.41) is 1.75. The fraction of sp³-hybridized carbons (Fsp3) is 0.357. The summed E-state index contributed by atoms with van der Waals surface area (Å²) >= 11 is 0. The fourth-order valence-corrected chi connectivity index (χ4v) is 4.89. The van der Waals surface area contributed by atoms with Gasteiger partial charge in [0.2, 0.25) is 5.91 Å². The number of para-hydroxylation sites is 1. The van der Waals surface area contributed by atoms with Crippen molar-refractivity contribution in [2.24, 2.45) is 5.92 Å². The summed E-state index contributed by atoms with van der Waals surface area (Å²) in [6.45, 7) is 1.43. The molecular formula is C28H32N2O5. The molecule has 3 aromatic rings. The van der Waals surface area contributed by atoms with E-state index in [4.69, 9.17) is 14.2 Å². The van der Waals surface area contributed by atoms with Crippen molar-refractivity contribution in [1.82, 2.24) is 9.80 Å². The Hall–Kier alpha value is -3.74. The van der Waals surface area contributed by atoms with Crippen LogP contribution in [0.4, 0.5) is 0 Å². The smallest absolute Gasteiger partial charge is 0.254 e. The van der Waals surface area contributed by atoms with Crippen molar-refractivity contribution in [3.63, 3.8) is 0 Å². The summed E-state index contributed by atoms with van der Waals surface area (Å²) < 4.78 is 16.4. The lowest BCUT2D eigenvalue weighted by Crippen LogP contribution is -2.45. The third kappa shape index (κ3) is 4.90. The number of amides is 2. The van der Waals surface area contributed by atoms with E-state index < -0.39 is 0 Å². The van der Waals surface area contributed by atoms with E-state index in [1.165, 1.54) is 0 Å². The second kappa shape index (κ2) is 10.7. The molecule has 4 rings (SSSR count). The number of rotatable bonds is 7. The van der Waals surface area contributed by atoms with Crippen molar-refractivity contribution in [2.45, 2.75) is 19.4 Å². The Kier molecular flexibility index (Phi) is 7.44. The third-order valence-electron chi connectivity index (χ3n) is 6.66. The minimum atomic E-state index is -0.251. The van der Waals surface area contributed by atoms with Crippen LogP contribution in [0.3, 0.4) is 0 Å². The van der Waals surface area contributed by atoms with Gasteiger partial charge >= 0.3 is 0 Å². The van der Waals surface area contributed by atoms with Crippen LogP contribution in [0.1, 0.15) is 28.8 Å². The van der Waals surface area contributed by atoms with Gasteiger partial charge in [0, 0.05) is 43.2 Å². The molecule has 0 unspecified atom stereocenters. The average Bonchev–Trinajstić information content (AvgIpc) is 2.91. The van der Waals surface area contributed by atoms with Crippen LogP contribution in [0.25, 0.3) is 10.8 Å². The molecule has 1 aliphatic rings. The maximum absolute atomic E-state index is 13.5. The molecule has 3 aromatic carbocycles. The highest BCUT2D eigenvalue weighted by molar-refractivity contribution is 6.08. The minimum absolute atomic E-state index is 0.0203. The molecule has 0 radical (unpaired) electrons. The normalized spacial score (nSPS) is 15.5. The lowest BCUT2D eigenvalue weighted by molar-refractivity contribution is -0.136. The monoisotopic (exact) mass is 476 g/mol. The summed E-state index contributed by atoms with van der Waals surface area (Å²) in [5.41, 5.74) is 1.50. The standard InChI is InChI=1S/C28H32N2O5/c1-29(17-19-9-7-13-25(34-3)26(19)35-4)27(31)20-10-8-16-30(18-20)28(32)23-14-15-24(33-2)22-12-6-5-11-21(22)23/h5-7,9,11-15,20H,8,10,16-18H2,1-4H3/t20-/m0/s1. The first-order valence-electron chi connectivity index (χ1n) is 11.8. The molecular weight excluding hydrogens is 444 g/mol. The van der Waals surface area contributed by atoms with Gasteiger partial charge in [-0.3, -0.25) is 9.59 Å². The number of nitrogens with zero attached hydrogens (tertiary/aromatic N) is 2. The zero-order chi connectivity index (χ0) is 24.9. The SMILES string of the molecule is COc1cccc(CN(C)C(=O)[C@H]2CCCN(C(=O)c3ccc(OC)c4ccccc34)C2)c1OC. The third-order valence-corrected chi connectivity index (χ3v) is 6.66. The Labute approximate surface area is 206 Å². The molecule has 0 aliphatic carbocycles. The zero-order valence-electron chi connectivity index (χ0n) is 20.7. The molecule has 0 bridgehead atoms. The largest absolute Gasteiger partial charge is 0.496 e. The highest BCUT2D eigenvalue weighted by Crippen LogP contribution is 2.33. The van der Waals surface area contributed by atoms with Crippen LogP contribution in [-0.2, 0) is 11.3 Å². The van der Waals surface area contributed by atoms with Gasteiger partial charge < -0.3 is 24.0 Å². The van der Waals surface area contributed by atoms with Gasteiger partial charge in [-0.05, 0) is 36.4 Å². The average molecular weight is 477 g/mol. The number of hydrogen-bond acceptors (Lipinski definition) is 5. The van der Waals surface area contributed by atoms with Gasteiger partial charge in [0.1, 0.15) is 5.75 Å². The molecule has 7 nitrogen and oxygen atoms in total. The lowest BCUT2D eigenvalue weighted by atomic mass is 9.95. The number of fused-ring (bicyclic) bond motifs is 1. The van der Waals surface area contributed by atoms with E-state index in [0.717, 1.165) is 34.9 Å². The molecule has 1 fully saturated rings. The number of methoxy groups -OCH3 is 3. The Morgan fingerprint density at radius 3 is 2.37 bits per heavy atom. The topological polar surface area (TPSA) is 68.3 Å². The Morgan fingerprint density at radius 1 is 0.914 bits per heavy atom. The van der Waals surface area contributed by atoms with Gasteiger partial charge in [-0.2, -0.15) is 0 Å². The van der Waals surface area contributed by atoms with Crippen molar-refractivity contribution >= 4 is 22.6 Å². The van der Waals surface area contributed by atoms with Crippen LogP contribution in [0.2, 0.25) is 0 Å². The molecule has 7 heteroatoms. The van der Waals surface area contributed by atoms with E-state index in [2.05, 4.69) is 0 Å². The summed E-state index contributed by atoms with van der Waals surface area (Å²) in [4.78, 5) is 30.4. The highest BCUT2D eigenvalue weighted by atomic mass is 16.5. The van der Waals surface area contributed by atoms with Crippen molar-refractivity contribution in [3.8, 4) is 17.2 Å². The first-order valence-corrected chi connectivity index (χ1v) is 11.8. The van der Waals surface area contributed by atoms with E-state index in [0.29, 0.717) is 36.7 Å². The van der Waals surface area contributed by atoms with Gasteiger partial charge in [-0.1, -0.05) is 36.4 Å².